The summed E-state index contributed by atoms with van der Waals surface area (Å²) in [5.74, 6) is 1.29. The molecule has 3 N–H and O–H groups in total. The Bertz CT molecular complexity index is 666. The molecular formula is C15H20N4O. The minimum absolute atomic E-state index is 0.0622. The largest absolute Gasteiger partial charge is 0.330 e. The van der Waals surface area contributed by atoms with Crippen LogP contribution >= 0.6 is 0 Å². The highest BCUT2D eigenvalue weighted by Crippen LogP contribution is 2.23. The first-order chi connectivity index (χ1) is 9.67. The highest BCUT2D eigenvalue weighted by molar-refractivity contribution is 5.77. The lowest BCUT2D eigenvalue weighted by Gasteiger charge is -2.20. The third-order valence-corrected chi connectivity index (χ3v) is 4.14. The second-order valence-electron chi connectivity index (χ2n) is 5.65. The lowest BCUT2D eigenvalue weighted by Crippen LogP contribution is -2.29. The Morgan fingerprint density at radius 2 is 2.25 bits per heavy atom. The van der Waals surface area contributed by atoms with Gasteiger partial charge in [-0.05, 0) is 37.9 Å². The van der Waals surface area contributed by atoms with Crippen molar-refractivity contribution in [3.63, 3.8) is 0 Å². The van der Waals surface area contributed by atoms with Gasteiger partial charge in [-0.25, -0.2) is 4.98 Å². The predicted octanol–water partition coefficient (Wildman–Crippen LogP) is 1.09. The van der Waals surface area contributed by atoms with E-state index < -0.39 is 0 Å². The number of aromatic amines is 1. The van der Waals surface area contributed by atoms with Crippen molar-refractivity contribution >= 4 is 10.9 Å². The molecule has 3 rings (SSSR count). The first-order valence-corrected chi connectivity index (χ1v) is 7.09. The number of rotatable bonds is 3. The lowest BCUT2D eigenvalue weighted by atomic mass is 10.1. The van der Waals surface area contributed by atoms with Crippen LogP contribution in [-0.2, 0) is 6.54 Å². The second kappa shape index (κ2) is 5.34. The van der Waals surface area contributed by atoms with Gasteiger partial charge in [0.25, 0.3) is 5.56 Å². The van der Waals surface area contributed by atoms with Crippen LogP contribution in [0.25, 0.3) is 10.9 Å². The summed E-state index contributed by atoms with van der Waals surface area (Å²) < 4.78 is 0. The molecule has 106 valence electrons. The van der Waals surface area contributed by atoms with Crippen LogP contribution < -0.4 is 11.3 Å². The van der Waals surface area contributed by atoms with Crippen molar-refractivity contribution in [1.82, 2.24) is 14.9 Å². The third-order valence-electron chi connectivity index (χ3n) is 4.14. The van der Waals surface area contributed by atoms with Crippen LogP contribution in [0.1, 0.15) is 19.2 Å². The van der Waals surface area contributed by atoms with Gasteiger partial charge >= 0.3 is 0 Å². The molecule has 5 nitrogen and oxygen atoms in total. The van der Waals surface area contributed by atoms with E-state index in [4.69, 9.17) is 5.73 Å². The quantitative estimate of drug-likeness (QED) is 0.877. The summed E-state index contributed by atoms with van der Waals surface area (Å²) in [5, 5.41) is 0.644. The summed E-state index contributed by atoms with van der Waals surface area (Å²) in [5.41, 5.74) is 6.45. The smallest absolute Gasteiger partial charge is 0.258 e. The molecule has 0 aliphatic carbocycles. The molecule has 1 aromatic carbocycles. The predicted molar refractivity (Wildman–Crippen MR) is 79.4 cm³/mol. The number of hydrogen-bond acceptors (Lipinski definition) is 4. The van der Waals surface area contributed by atoms with Crippen LogP contribution in [-0.4, -0.2) is 34.0 Å². The number of aromatic nitrogens is 2. The van der Waals surface area contributed by atoms with Gasteiger partial charge in [0.1, 0.15) is 5.82 Å². The molecule has 0 radical (unpaired) electrons. The van der Waals surface area contributed by atoms with Crippen molar-refractivity contribution in [3.8, 4) is 0 Å². The Labute approximate surface area is 117 Å². The molecule has 1 aromatic heterocycles. The molecule has 1 aliphatic heterocycles. The van der Waals surface area contributed by atoms with Gasteiger partial charge in [0.05, 0.1) is 17.4 Å². The van der Waals surface area contributed by atoms with E-state index in [0.717, 1.165) is 30.9 Å². The molecule has 20 heavy (non-hydrogen) atoms. The van der Waals surface area contributed by atoms with E-state index in [1.807, 2.05) is 18.2 Å². The van der Waals surface area contributed by atoms with Crippen LogP contribution in [0.3, 0.4) is 0 Å². The summed E-state index contributed by atoms with van der Waals surface area (Å²) in [6.45, 7) is 4.59. The number of H-pyrrole nitrogens is 1. The van der Waals surface area contributed by atoms with Crippen molar-refractivity contribution < 1.29 is 0 Å². The van der Waals surface area contributed by atoms with Gasteiger partial charge in [-0.1, -0.05) is 12.1 Å². The minimum atomic E-state index is -0.0622. The normalized spacial score (nSPS) is 23.5. The second-order valence-corrected chi connectivity index (χ2v) is 5.65. The maximum atomic E-state index is 12.0. The first-order valence-electron chi connectivity index (χ1n) is 7.09. The highest BCUT2D eigenvalue weighted by Gasteiger charge is 2.28. The van der Waals surface area contributed by atoms with E-state index in [0.29, 0.717) is 23.9 Å². The molecule has 0 amide bonds. The molecule has 1 saturated heterocycles. The fourth-order valence-electron chi connectivity index (χ4n) is 3.01. The van der Waals surface area contributed by atoms with Crippen LogP contribution in [0.4, 0.5) is 0 Å². The molecule has 0 spiro atoms. The number of benzene rings is 1. The molecule has 1 aliphatic rings. The van der Waals surface area contributed by atoms with Crippen LogP contribution in [0, 0.1) is 5.92 Å². The minimum Gasteiger partial charge on any atom is -0.330 e. The van der Waals surface area contributed by atoms with Crippen molar-refractivity contribution in [2.75, 3.05) is 13.1 Å². The van der Waals surface area contributed by atoms with E-state index in [2.05, 4.69) is 21.8 Å². The maximum absolute atomic E-state index is 12.0. The van der Waals surface area contributed by atoms with Gasteiger partial charge in [-0.3, -0.25) is 9.69 Å². The molecule has 0 saturated carbocycles. The summed E-state index contributed by atoms with van der Waals surface area (Å²) in [6.07, 6.45) is 1.12. The van der Waals surface area contributed by atoms with Crippen molar-refractivity contribution in [2.45, 2.75) is 25.9 Å². The Morgan fingerprint density at radius 3 is 3.00 bits per heavy atom. The van der Waals surface area contributed by atoms with Gasteiger partial charge in [0.2, 0.25) is 0 Å². The fraction of sp³-hybridized carbons (Fsp3) is 0.467. The Kier molecular flexibility index (Phi) is 3.54. The van der Waals surface area contributed by atoms with Gasteiger partial charge < -0.3 is 10.7 Å². The number of nitrogens with one attached hydrogen (secondary N) is 1. The van der Waals surface area contributed by atoms with Gasteiger partial charge in [0.15, 0.2) is 0 Å². The average molecular weight is 272 g/mol. The van der Waals surface area contributed by atoms with Crippen LogP contribution in [0.15, 0.2) is 29.1 Å². The monoisotopic (exact) mass is 272 g/mol. The number of nitrogens with two attached hydrogens (primary N) is 1. The van der Waals surface area contributed by atoms with Crippen molar-refractivity contribution in [1.29, 1.82) is 0 Å². The average Bonchev–Trinajstić information content (AvgIpc) is 2.79. The van der Waals surface area contributed by atoms with Crippen molar-refractivity contribution in [2.24, 2.45) is 11.7 Å². The Morgan fingerprint density at radius 1 is 1.45 bits per heavy atom. The summed E-state index contributed by atoms with van der Waals surface area (Å²) in [4.78, 5) is 21.8. The first kappa shape index (κ1) is 13.3. The number of likely N-dealkylation sites (tertiary alicyclic amines) is 1. The molecule has 1 fully saturated rings. The van der Waals surface area contributed by atoms with E-state index in [1.54, 1.807) is 6.07 Å². The Balaban J connectivity index is 1.86. The topological polar surface area (TPSA) is 75.0 Å². The standard InChI is InChI=1S/C15H20N4O/c1-10-6-11(7-16)8-19(10)9-14-17-13-5-3-2-4-12(13)15(20)18-14/h2-5,10-11H,6-9,16H2,1H3,(H,17,18,20). The van der Waals surface area contributed by atoms with E-state index >= 15 is 0 Å². The fourth-order valence-corrected chi connectivity index (χ4v) is 3.01. The zero-order valence-corrected chi connectivity index (χ0v) is 11.7. The lowest BCUT2D eigenvalue weighted by molar-refractivity contribution is 0.249. The highest BCUT2D eigenvalue weighted by atomic mass is 16.1. The maximum Gasteiger partial charge on any atom is 0.258 e. The molecule has 2 aromatic rings. The zero-order valence-electron chi connectivity index (χ0n) is 11.7. The number of para-hydroxylation sites is 1. The summed E-state index contributed by atoms with van der Waals surface area (Å²) >= 11 is 0. The molecule has 5 heteroatoms. The SMILES string of the molecule is CC1CC(CN)CN1Cc1nc2ccccc2c(=O)[nH]1. The molecular weight excluding hydrogens is 252 g/mol. The van der Waals surface area contributed by atoms with Gasteiger partial charge in [-0.15, -0.1) is 0 Å². The van der Waals surface area contributed by atoms with Crippen LogP contribution in [0.5, 0.6) is 0 Å². The molecule has 2 atom stereocenters. The zero-order chi connectivity index (χ0) is 14.1. The number of nitrogens with zero attached hydrogens (tertiary/aromatic N) is 2. The van der Waals surface area contributed by atoms with Gasteiger partial charge in [-0.2, -0.15) is 0 Å². The van der Waals surface area contributed by atoms with Gasteiger partial charge in [0, 0.05) is 12.6 Å². The Hall–Kier alpha value is -1.72. The summed E-state index contributed by atoms with van der Waals surface area (Å²) in [6, 6.07) is 7.92. The van der Waals surface area contributed by atoms with E-state index in [1.165, 1.54) is 0 Å². The van der Waals surface area contributed by atoms with Crippen molar-refractivity contribution in [3.05, 3.63) is 40.4 Å². The number of fused-ring (bicyclic) bond motifs is 1. The van der Waals surface area contributed by atoms with Crippen LogP contribution in [0.2, 0.25) is 0 Å². The summed E-state index contributed by atoms with van der Waals surface area (Å²) in [7, 11) is 0. The molecule has 2 unspecified atom stereocenters. The molecule has 0 bridgehead atoms. The van der Waals surface area contributed by atoms with E-state index in [-0.39, 0.29) is 5.56 Å². The number of hydrogen-bond donors (Lipinski definition) is 2. The third kappa shape index (κ3) is 2.46. The van der Waals surface area contributed by atoms with E-state index in [9.17, 15) is 4.79 Å². The molecule has 2 heterocycles.